The van der Waals surface area contributed by atoms with Crippen LogP contribution in [0.15, 0.2) is 24.3 Å². The van der Waals surface area contributed by atoms with E-state index in [1.807, 2.05) is 0 Å². The maximum atomic E-state index is 11.5. The van der Waals surface area contributed by atoms with Crippen molar-refractivity contribution < 1.29 is 19.4 Å². The number of anilines is 1. The minimum absolute atomic E-state index is 0.140. The van der Waals surface area contributed by atoms with Gasteiger partial charge in [-0.2, -0.15) is 0 Å². The topological polar surface area (TPSA) is 75.6 Å². The van der Waals surface area contributed by atoms with Gasteiger partial charge in [-0.15, -0.1) is 0 Å². The number of methoxy groups -OCH3 is 1. The summed E-state index contributed by atoms with van der Waals surface area (Å²) in [5.41, 5.74) is 1.28. The number of fused-ring (bicyclic) bond motifs is 1. The number of rotatable bonds is 2. The molecule has 1 aromatic rings. The lowest BCUT2D eigenvalue weighted by Crippen LogP contribution is -2.05. The molecule has 2 rings (SSSR count). The Morgan fingerprint density at radius 3 is 2.88 bits per heavy atom. The summed E-state index contributed by atoms with van der Waals surface area (Å²) in [4.78, 5) is 22.1. The number of hydrogen-bond donors (Lipinski definition) is 2. The van der Waals surface area contributed by atoms with Gasteiger partial charge in [0.15, 0.2) is 0 Å². The van der Waals surface area contributed by atoms with Crippen molar-refractivity contribution in [3.63, 3.8) is 0 Å². The predicted octanol–water partition coefficient (Wildman–Crippen LogP) is 1.12. The van der Waals surface area contributed by atoms with E-state index in [-0.39, 0.29) is 5.57 Å². The Morgan fingerprint density at radius 1 is 1.50 bits per heavy atom. The molecule has 1 aliphatic rings. The second-order valence-corrected chi connectivity index (χ2v) is 3.26. The van der Waals surface area contributed by atoms with Gasteiger partial charge in [0.05, 0.1) is 12.7 Å². The molecule has 0 fully saturated rings. The van der Waals surface area contributed by atoms with Crippen molar-refractivity contribution in [1.82, 2.24) is 0 Å². The van der Waals surface area contributed by atoms with E-state index in [2.05, 4.69) is 5.32 Å². The van der Waals surface area contributed by atoms with Crippen LogP contribution >= 0.6 is 0 Å². The molecule has 1 aromatic carbocycles. The van der Waals surface area contributed by atoms with E-state index in [4.69, 9.17) is 9.84 Å². The average Bonchev–Trinajstić information content (AvgIpc) is 2.54. The molecule has 1 aliphatic heterocycles. The van der Waals surface area contributed by atoms with Crippen LogP contribution in [0.2, 0.25) is 0 Å². The molecule has 0 unspecified atom stereocenters. The number of ether oxygens (including phenoxy) is 1. The number of nitrogens with one attached hydrogen (secondary N) is 1. The molecule has 1 amide bonds. The van der Waals surface area contributed by atoms with Crippen LogP contribution in [-0.2, 0) is 9.59 Å². The van der Waals surface area contributed by atoms with Crippen LogP contribution in [0.4, 0.5) is 5.69 Å². The van der Waals surface area contributed by atoms with Crippen molar-refractivity contribution in [2.45, 2.75) is 0 Å². The highest BCUT2D eigenvalue weighted by atomic mass is 16.5. The molecular weight excluding hydrogens is 210 g/mol. The normalized spacial score (nSPS) is 15.8. The quantitative estimate of drug-likeness (QED) is 0.731. The molecule has 1 heterocycles. The number of hydrogen-bond acceptors (Lipinski definition) is 3. The first-order chi connectivity index (χ1) is 7.61. The maximum Gasteiger partial charge on any atom is 0.329 e. The number of carboxylic acid groups (broad SMARTS) is 1. The summed E-state index contributed by atoms with van der Waals surface area (Å²) in [6.45, 7) is 0. The van der Waals surface area contributed by atoms with Crippen molar-refractivity contribution in [2.24, 2.45) is 0 Å². The highest BCUT2D eigenvalue weighted by Crippen LogP contribution is 2.34. The molecule has 5 nitrogen and oxygen atoms in total. The summed E-state index contributed by atoms with van der Waals surface area (Å²) in [5, 5.41) is 11.2. The number of amides is 1. The van der Waals surface area contributed by atoms with Crippen LogP contribution in [0, 0.1) is 0 Å². The van der Waals surface area contributed by atoms with E-state index in [1.165, 1.54) is 7.11 Å². The third-order valence-corrected chi connectivity index (χ3v) is 2.28. The molecule has 0 spiro atoms. The van der Waals surface area contributed by atoms with Crippen molar-refractivity contribution in [3.8, 4) is 5.75 Å². The Labute approximate surface area is 91.3 Å². The molecule has 82 valence electrons. The van der Waals surface area contributed by atoms with Gasteiger partial charge in [-0.3, -0.25) is 4.79 Å². The Balaban J connectivity index is 2.54. The highest BCUT2D eigenvalue weighted by Gasteiger charge is 2.25. The van der Waals surface area contributed by atoms with Gasteiger partial charge < -0.3 is 15.2 Å². The molecule has 5 heteroatoms. The van der Waals surface area contributed by atoms with Gasteiger partial charge in [0, 0.05) is 17.3 Å². The third-order valence-electron chi connectivity index (χ3n) is 2.28. The Bertz CT molecular complexity index is 505. The van der Waals surface area contributed by atoms with E-state index in [1.54, 1.807) is 18.2 Å². The van der Waals surface area contributed by atoms with Crippen molar-refractivity contribution in [2.75, 3.05) is 12.4 Å². The Hall–Kier alpha value is -2.30. The minimum Gasteiger partial charge on any atom is -0.497 e. The summed E-state index contributed by atoms with van der Waals surface area (Å²) < 4.78 is 5.01. The molecule has 2 N–H and O–H groups in total. The lowest BCUT2D eigenvalue weighted by molar-refractivity contribution is -0.131. The van der Waals surface area contributed by atoms with Crippen LogP contribution in [0.25, 0.3) is 5.57 Å². The Morgan fingerprint density at radius 2 is 2.25 bits per heavy atom. The van der Waals surface area contributed by atoms with Crippen molar-refractivity contribution in [1.29, 1.82) is 0 Å². The van der Waals surface area contributed by atoms with Gasteiger partial charge >= 0.3 is 5.97 Å². The predicted molar refractivity (Wildman–Crippen MR) is 57.2 cm³/mol. The monoisotopic (exact) mass is 219 g/mol. The number of carbonyl (C=O) groups is 2. The molecule has 0 atom stereocenters. The standard InChI is InChI=1S/C11H9NO4/c1-16-6-2-3-9-7(4-6)8(5-10(13)14)11(15)12-9/h2-5H,1H3,(H,12,15)(H,13,14)/b8-5-. The zero-order valence-electron chi connectivity index (χ0n) is 8.48. The number of benzene rings is 1. The van der Waals surface area contributed by atoms with Crippen LogP contribution in [0.5, 0.6) is 5.75 Å². The molecular formula is C11H9NO4. The van der Waals surface area contributed by atoms with Gasteiger partial charge in [-0.1, -0.05) is 0 Å². The summed E-state index contributed by atoms with van der Waals surface area (Å²) in [6, 6.07) is 5.00. The summed E-state index contributed by atoms with van der Waals surface area (Å²) in [5.74, 6) is -0.988. The zero-order valence-corrected chi connectivity index (χ0v) is 8.48. The molecule has 0 aliphatic carbocycles. The van der Waals surface area contributed by atoms with Gasteiger partial charge in [-0.25, -0.2) is 4.79 Å². The fourth-order valence-corrected chi connectivity index (χ4v) is 1.56. The second kappa shape index (κ2) is 3.69. The maximum absolute atomic E-state index is 11.5. The fraction of sp³-hybridized carbons (Fsp3) is 0.0909. The smallest absolute Gasteiger partial charge is 0.329 e. The lowest BCUT2D eigenvalue weighted by atomic mass is 10.1. The van der Waals surface area contributed by atoms with E-state index >= 15 is 0 Å². The SMILES string of the molecule is COc1ccc2c(c1)/C(=C/C(=O)O)C(=O)N2. The Kier molecular flexibility index (Phi) is 2.36. The number of aliphatic carboxylic acids is 1. The second-order valence-electron chi connectivity index (χ2n) is 3.26. The highest BCUT2D eigenvalue weighted by molar-refractivity contribution is 6.33. The zero-order chi connectivity index (χ0) is 11.7. The van der Waals surface area contributed by atoms with Crippen molar-refractivity contribution in [3.05, 3.63) is 29.8 Å². The molecule has 0 saturated carbocycles. The first-order valence-corrected chi connectivity index (χ1v) is 4.56. The first kappa shape index (κ1) is 10.2. The molecule has 0 radical (unpaired) electrons. The van der Waals surface area contributed by atoms with E-state index in [0.29, 0.717) is 17.0 Å². The van der Waals surface area contributed by atoms with Crippen molar-refractivity contribution >= 4 is 23.1 Å². The first-order valence-electron chi connectivity index (χ1n) is 4.56. The number of carbonyl (C=O) groups excluding carboxylic acids is 1. The van der Waals surface area contributed by atoms with Crippen LogP contribution in [0.3, 0.4) is 0 Å². The van der Waals surface area contributed by atoms with E-state index < -0.39 is 11.9 Å². The van der Waals surface area contributed by atoms with E-state index in [9.17, 15) is 9.59 Å². The summed E-state index contributed by atoms with van der Waals surface area (Å²) in [7, 11) is 1.51. The number of carboxylic acids is 1. The molecule has 16 heavy (non-hydrogen) atoms. The average molecular weight is 219 g/mol. The van der Waals surface area contributed by atoms with Crippen LogP contribution in [0.1, 0.15) is 5.56 Å². The molecule has 0 aromatic heterocycles. The van der Waals surface area contributed by atoms with Gasteiger partial charge in [0.2, 0.25) is 0 Å². The van der Waals surface area contributed by atoms with E-state index in [0.717, 1.165) is 6.08 Å². The van der Waals surface area contributed by atoms with Gasteiger partial charge in [-0.05, 0) is 18.2 Å². The van der Waals surface area contributed by atoms with Crippen LogP contribution in [-0.4, -0.2) is 24.1 Å². The molecule has 0 saturated heterocycles. The van der Waals surface area contributed by atoms with Crippen LogP contribution < -0.4 is 10.1 Å². The van der Waals surface area contributed by atoms with Gasteiger partial charge in [0.25, 0.3) is 5.91 Å². The minimum atomic E-state index is -1.15. The fourth-order valence-electron chi connectivity index (χ4n) is 1.56. The summed E-state index contributed by atoms with van der Waals surface area (Å²) >= 11 is 0. The largest absolute Gasteiger partial charge is 0.497 e. The molecule has 0 bridgehead atoms. The summed E-state index contributed by atoms with van der Waals surface area (Å²) in [6.07, 6.45) is 0.889. The third kappa shape index (κ3) is 1.63. The van der Waals surface area contributed by atoms with Gasteiger partial charge in [0.1, 0.15) is 5.75 Å². The lowest BCUT2D eigenvalue weighted by Gasteiger charge is -2.02.